The maximum Gasteiger partial charge on any atom is 0.135 e. The second-order valence-corrected chi connectivity index (χ2v) is 15.1. The minimum absolute atomic E-state index is 0.887. The molecule has 3 heteroatoms. The summed E-state index contributed by atoms with van der Waals surface area (Å²) in [6, 6.07) is 72.2. The van der Waals surface area contributed by atoms with Crippen molar-refractivity contribution in [3.8, 4) is 33.4 Å². The van der Waals surface area contributed by atoms with E-state index in [2.05, 4.69) is 193 Å². The minimum Gasteiger partial charge on any atom is -0.456 e. The van der Waals surface area contributed by atoms with Crippen LogP contribution in [0.15, 0.2) is 205 Å². The molecule has 0 aliphatic heterocycles. The second kappa shape index (κ2) is 12.9. The summed E-state index contributed by atoms with van der Waals surface area (Å²) in [5.74, 6) is 0. The Bertz CT molecular complexity index is 3190. The largest absolute Gasteiger partial charge is 0.456 e. The van der Waals surface area contributed by atoms with Crippen LogP contribution in [0.2, 0.25) is 0 Å². The highest BCUT2D eigenvalue weighted by atomic mass is 32.1. The summed E-state index contributed by atoms with van der Waals surface area (Å²) < 4.78 is 8.82. The fourth-order valence-electron chi connectivity index (χ4n) is 8.14. The SMILES string of the molecule is c1ccc(-c2cc(-c3ccccc3)c3sc4c(N(c5ccc(-c6ccc7ccccc7c6)cc5)c5ccc6oc7ccccc7c6c5)cccc4c3c2)cc1. The Labute approximate surface area is 322 Å². The molecule has 11 rings (SSSR count). The third-order valence-corrected chi connectivity index (χ3v) is 12.1. The number of benzene rings is 9. The predicted octanol–water partition coefficient (Wildman–Crippen LogP) is 15.6. The Kier molecular flexibility index (Phi) is 7.39. The van der Waals surface area contributed by atoms with Crippen molar-refractivity contribution in [2.45, 2.75) is 0 Å². The molecule has 0 unspecified atom stereocenters. The number of anilines is 3. The number of thiophene rings is 1. The van der Waals surface area contributed by atoms with Crippen molar-refractivity contribution in [1.29, 1.82) is 0 Å². The molecular formula is C52H33NOS. The molecule has 2 aromatic heterocycles. The van der Waals surface area contributed by atoms with E-state index in [1.54, 1.807) is 0 Å². The summed E-state index contributed by atoms with van der Waals surface area (Å²) in [6.45, 7) is 0. The Morgan fingerprint density at radius 2 is 1.00 bits per heavy atom. The number of hydrogen-bond donors (Lipinski definition) is 0. The van der Waals surface area contributed by atoms with Crippen molar-refractivity contribution in [3.05, 3.63) is 200 Å². The maximum atomic E-state index is 6.29. The molecule has 0 bridgehead atoms. The second-order valence-electron chi connectivity index (χ2n) is 14.1. The number of rotatable bonds is 6. The molecule has 0 amide bonds. The van der Waals surface area contributed by atoms with Crippen LogP contribution in [0.5, 0.6) is 0 Å². The van der Waals surface area contributed by atoms with Gasteiger partial charge in [-0.2, -0.15) is 0 Å². The van der Waals surface area contributed by atoms with Crippen LogP contribution in [0.25, 0.3) is 86.3 Å². The first-order valence-corrected chi connectivity index (χ1v) is 19.5. The first-order valence-electron chi connectivity index (χ1n) is 18.7. The number of nitrogens with zero attached hydrogens (tertiary/aromatic N) is 1. The van der Waals surface area contributed by atoms with Gasteiger partial charge in [0.1, 0.15) is 11.2 Å². The van der Waals surface area contributed by atoms with Crippen molar-refractivity contribution in [3.63, 3.8) is 0 Å². The lowest BCUT2D eigenvalue weighted by Crippen LogP contribution is -2.10. The summed E-state index contributed by atoms with van der Waals surface area (Å²) >= 11 is 1.88. The van der Waals surface area contributed by atoms with E-state index >= 15 is 0 Å². The highest BCUT2D eigenvalue weighted by molar-refractivity contribution is 7.27. The summed E-state index contributed by atoms with van der Waals surface area (Å²) in [5.41, 5.74) is 12.4. The first-order chi connectivity index (χ1) is 27.2. The molecule has 55 heavy (non-hydrogen) atoms. The zero-order chi connectivity index (χ0) is 36.3. The molecule has 0 atom stereocenters. The van der Waals surface area contributed by atoms with Gasteiger partial charge < -0.3 is 9.32 Å². The average Bonchev–Trinajstić information content (AvgIpc) is 3.83. The van der Waals surface area contributed by atoms with E-state index < -0.39 is 0 Å². The van der Waals surface area contributed by atoms with Crippen LogP contribution in [0.4, 0.5) is 17.1 Å². The zero-order valence-electron chi connectivity index (χ0n) is 29.8. The highest BCUT2D eigenvalue weighted by Gasteiger charge is 2.21. The molecule has 0 aliphatic rings. The van der Waals surface area contributed by atoms with Gasteiger partial charge in [0.05, 0.1) is 10.4 Å². The zero-order valence-corrected chi connectivity index (χ0v) is 30.6. The number of fused-ring (bicyclic) bond motifs is 7. The standard InChI is InChI=1S/C52H33NOS/c1-3-12-34(13-4-1)40-31-45(37-15-5-2-6-16-37)51-47(32-40)44-19-11-20-48(52(44)55-51)53(42-28-29-50-46(33-42)43-18-9-10-21-49(43)54-50)41-26-24-36(25-27-41)39-23-22-35-14-7-8-17-38(35)30-39/h1-33H. The van der Waals surface area contributed by atoms with Crippen molar-refractivity contribution in [2.24, 2.45) is 0 Å². The Hall–Kier alpha value is -6.94. The minimum atomic E-state index is 0.887. The summed E-state index contributed by atoms with van der Waals surface area (Å²) in [7, 11) is 0. The van der Waals surface area contributed by atoms with Gasteiger partial charge >= 0.3 is 0 Å². The van der Waals surface area contributed by atoms with E-state index in [0.29, 0.717) is 0 Å². The van der Waals surface area contributed by atoms with Gasteiger partial charge in [-0.15, -0.1) is 11.3 Å². The molecule has 0 spiro atoms. The first kappa shape index (κ1) is 31.6. The third-order valence-electron chi connectivity index (χ3n) is 10.8. The molecule has 258 valence electrons. The van der Waals surface area contributed by atoms with Gasteiger partial charge in [0.25, 0.3) is 0 Å². The average molecular weight is 720 g/mol. The third kappa shape index (κ3) is 5.40. The number of hydrogen-bond acceptors (Lipinski definition) is 3. The monoisotopic (exact) mass is 719 g/mol. The normalized spacial score (nSPS) is 11.6. The lowest BCUT2D eigenvalue weighted by atomic mass is 9.96. The Balaban J connectivity index is 1.14. The molecule has 9 aromatic carbocycles. The molecular weight excluding hydrogens is 687 g/mol. The topological polar surface area (TPSA) is 16.4 Å². The predicted molar refractivity (Wildman–Crippen MR) is 235 cm³/mol. The molecule has 0 N–H and O–H groups in total. The Morgan fingerprint density at radius 3 is 1.84 bits per heavy atom. The molecule has 0 saturated carbocycles. The number of para-hydroxylation sites is 1. The van der Waals surface area contributed by atoms with Crippen LogP contribution in [0.1, 0.15) is 0 Å². The van der Waals surface area contributed by atoms with E-state index in [4.69, 9.17) is 4.42 Å². The van der Waals surface area contributed by atoms with Gasteiger partial charge in [0, 0.05) is 43.2 Å². The molecule has 0 fully saturated rings. The van der Waals surface area contributed by atoms with E-state index in [0.717, 1.165) is 39.0 Å². The van der Waals surface area contributed by atoms with Crippen LogP contribution in [-0.2, 0) is 0 Å². The molecule has 0 radical (unpaired) electrons. The van der Waals surface area contributed by atoms with Crippen molar-refractivity contribution in [2.75, 3.05) is 4.90 Å². The van der Waals surface area contributed by atoms with Crippen molar-refractivity contribution in [1.82, 2.24) is 0 Å². The fourth-order valence-corrected chi connectivity index (χ4v) is 9.46. The van der Waals surface area contributed by atoms with Gasteiger partial charge in [0.15, 0.2) is 0 Å². The van der Waals surface area contributed by atoms with Crippen LogP contribution in [0.3, 0.4) is 0 Å². The van der Waals surface area contributed by atoms with Crippen molar-refractivity contribution >= 4 is 81.3 Å². The van der Waals surface area contributed by atoms with Gasteiger partial charge in [-0.05, 0) is 99.3 Å². The smallest absolute Gasteiger partial charge is 0.135 e. The fraction of sp³-hybridized carbons (Fsp3) is 0. The molecule has 2 nitrogen and oxygen atoms in total. The lowest BCUT2D eigenvalue weighted by molar-refractivity contribution is 0.669. The van der Waals surface area contributed by atoms with E-state index in [-0.39, 0.29) is 0 Å². The lowest BCUT2D eigenvalue weighted by Gasteiger charge is -2.26. The van der Waals surface area contributed by atoms with Gasteiger partial charge in [-0.3, -0.25) is 0 Å². The van der Waals surface area contributed by atoms with Crippen molar-refractivity contribution < 1.29 is 4.42 Å². The van der Waals surface area contributed by atoms with E-state index in [1.165, 1.54) is 64.3 Å². The van der Waals surface area contributed by atoms with E-state index in [1.807, 2.05) is 23.5 Å². The van der Waals surface area contributed by atoms with Crippen LogP contribution < -0.4 is 4.90 Å². The summed E-state index contributed by atoms with van der Waals surface area (Å²) in [5, 5.41) is 7.23. The summed E-state index contributed by atoms with van der Waals surface area (Å²) in [4.78, 5) is 2.42. The van der Waals surface area contributed by atoms with Gasteiger partial charge in [0.2, 0.25) is 0 Å². The van der Waals surface area contributed by atoms with Crippen LogP contribution >= 0.6 is 11.3 Å². The van der Waals surface area contributed by atoms with Crippen LogP contribution in [-0.4, -0.2) is 0 Å². The summed E-state index contributed by atoms with van der Waals surface area (Å²) in [6.07, 6.45) is 0. The molecule has 0 aliphatic carbocycles. The maximum absolute atomic E-state index is 6.29. The quantitative estimate of drug-likeness (QED) is 0.170. The van der Waals surface area contributed by atoms with Crippen LogP contribution in [0, 0.1) is 0 Å². The molecule has 2 heterocycles. The molecule has 11 aromatic rings. The Morgan fingerprint density at radius 1 is 0.345 bits per heavy atom. The number of furan rings is 1. The van der Waals surface area contributed by atoms with Gasteiger partial charge in [-0.1, -0.05) is 140 Å². The highest BCUT2D eigenvalue weighted by Crippen LogP contribution is 2.49. The molecule has 0 saturated heterocycles. The van der Waals surface area contributed by atoms with Gasteiger partial charge in [-0.25, -0.2) is 0 Å². The van der Waals surface area contributed by atoms with E-state index in [9.17, 15) is 0 Å².